The molecule has 0 heterocycles. The highest BCUT2D eigenvalue weighted by molar-refractivity contribution is 5.69. The molecule has 3 atom stereocenters. The van der Waals surface area contributed by atoms with Gasteiger partial charge in [-0.1, -0.05) is 86.7 Å². The van der Waals surface area contributed by atoms with Gasteiger partial charge in [-0.2, -0.15) is 0 Å². The number of benzene rings is 3. The number of hydrogen-bond acceptors (Lipinski definition) is 1. The summed E-state index contributed by atoms with van der Waals surface area (Å²) in [5.41, 5.74) is 2.83. The first-order valence-corrected chi connectivity index (χ1v) is 9.33. The van der Waals surface area contributed by atoms with E-state index in [0.717, 1.165) is 11.5 Å². The Balaban J connectivity index is 1.85. The fourth-order valence-corrected chi connectivity index (χ4v) is 4.58. The maximum atomic E-state index is 6.48. The lowest BCUT2D eigenvalue weighted by Crippen LogP contribution is -2.31. The molecule has 0 amide bonds. The molecule has 26 heavy (non-hydrogen) atoms. The summed E-state index contributed by atoms with van der Waals surface area (Å²) in [4.78, 5) is 0. The molecule has 2 aliphatic carbocycles. The predicted molar refractivity (Wildman–Crippen MR) is 106 cm³/mol. The first-order chi connectivity index (χ1) is 12.7. The monoisotopic (exact) mass is 338 g/mol. The molecule has 128 valence electrons. The second kappa shape index (κ2) is 5.60. The van der Waals surface area contributed by atoms with Crippen molar-refractivity contribution in [3.8, 4) is 5.75 Å². The standard InChI is InChI=1S/C25H22O/c1-17-23-21-14-8-9-15-22(21)24(26-19-11-4-3-5-12-19)20-13-7-6-10-18(20)16-25(17,23)2/h3-17,23H,1-2H3/b18-16+,24-20+/t17?,23?,25-/m1/s1. The van der Waals surface area contributed by atoms with Crippen LogP contribution in [0, 0.1) is 11.3 Å². The van der Waals surface area contributed by atoms with Gasteiger partial charge in [-0.25, -0.2) is 0 Å². The third-order valence-electron chi connectivity index (χ3n) is 6.22. The lowest BCUT2D eigenvalue weighted by molar-refractivity contribution is 0.509. The second-order valence-corrected chi connectivity index (χ2v) is 7.70. The van der Waals surface area contributed by atoms with Gasteiger partial charge < -0.3 is 4.74 Å². The average Bonchev–Trinajstić information content (AvgIpc) is 3.19. The summed E-state index contributed by atoms with van der Waals surface area (Å²) in [6.07, 6.45) is 2.46. The van der Waals surface area contributed by atoms with Gasteiger partial charge in [-0.3, -0.25) is 0 Å². The molecule has 0 aromatic heterocycles. The molecule has 1 saturated carbocycles. The molecule has 0 radical (unpaired) electrons. The summed E-state index contributed by atoms with van der Waals surface area (Å²) in [7, 11) is 0. The van der Waals surface area contributed by atoms with Crippen molar-refractivity contribution in [1.82, 2.24) is 0 Å². The first kappa shape index (κ1) is 15.5. The zero-order valence-electron chi connectivity index (χ0n) is 15.1. The van der Waals surface area contributed by atoms with Crippen LogP contribution >= 0.6 is 0 Å². The van der Waals surface area contributed by atoms with E-state index in [4.69, 9.17) is 4.74 Å². The van der Waals surface area contributed by atoms with Crippen LogP contribution in [0.4, 0.5) is 0 Å². The van der Waals surface area contributed by atoms with Gasteiger partial charge in [0.15, 0.2) is 0 Å². The summed E-state index contributed by atoms with van der Waals surface area (Å²) in [6, 6.07) is 27.4. The Morgan fingerprint density at radius 3 is 2.35 bits per heavy atom. The number of rotatable bonds is 2. The van der Waals surface area contributed by atoms with Crippen molar-refractivity contribution in [1.29, 1.82) is 0 Å². The van der Waals surface area contributed by atoms with Gasteiger partial charge in [0.2, 0.25) is 0 Å². The largest absolute Gasteiger partial charge is 0.456 e. The van der Waals surface area contributed by atoms with Crippen molar-refractivity contribution in [2.75, 3.05) is 0 Å². The van der Waals surface area contributed by atoms with Gasteiger partial charge in [-0.15, -0.1) is 0 Å². The van der Waals surface area contributed by atoms with Crippen LogP contribution in [0.5, 0.6) is 5.75 Å². The van der Waals surface area contributed by atoms with Crippen LogP contribution in [0.3, 0.4) is 0 Å². The van der Waals surface area contributed by atoms with Gasteiger partial charge >= 0.3 is 0 Å². The minimum atomic E-state index is 0.213. The molecule has 1 heteroatoms. The van der Waals surface area contributed by atoms with E-state index in [1.807, 2.05) is 30.3 Å². The second-order valence-electron chi connectivity index (χ2n) is 7.70. The molecule has 0 spiro atoms. The lowest BCUT2D eigenvalue weighted by Gasteiger charge is -2.18. The van der Waals surface area contributed by atoms with Crippen LogP contribution in [-0.2, 0) is 0 Å². The molecular weight excluding hydrogens is 316 g/mol. The number of hydrogen-bond donors (Lipinski definition) is 0. The van der Waals surface area contributed by atoms with Crippen molar-refractivity contribution in [3.63, 3.8) is 0 Å². The molecule has 3 aromatic rings. The molecule has 0 aliphatic heterocycles. The number of ether oxygens (including phenoxy) is 1. The van der Waals surface area contributed by atoms with Crippen molar-refractivity contribution < 1.29 is 4.74 Å². The van der Waals surface area contributed by atoms with E-state index in [-0.39, 0.29) is 5.41 Å². The summed E-state index contributed by atoms with van der Waals surface area (Å²) in [5, 5.41) is 2.44. The minimum absolute atomic E-state index is 0.213. The molecule has 0 N–H and O–H groups in total. The molecule has 3 aromatic carbocycles. The van der Waals surface area contributed by atoms with Crippen LogP contribution in [0.1, 0.15) is 30.9 Å². The van der Waals surface area contributed by atoms with Crippen molar-refractivity contribution >= 4 is 11.8 Å². The molecule has 2 aliphatic rings. The van der Waals surface area contributed by atoms with E-state index in [2.05, 4.69) is 68.5 Å². The molecule has 5 rings (SSSR count). The number of fused-ring (bicyclic) bond motifs is 4. The Kier molecular flexibility index (Phi) is 3.33. The fourth-order valence-electron chi connectivity index (χ4n) is 4.58. The first-order valence-electron chi connectivity index (χ1n) is 9.33. The zero-order chi connectivity index (χ0) is 17.7. The summed E-state index contributed by atoms with van der Waals surface area (Å²) in [5.74, 6) is 3.01. The van der Waals surface area contributed by atoms with Gasteiger partial charge in [-0.05, 0) is 40.2 Å². The summed E-state index contributed by atoms with van der Waals surface area (Å²) in [6.45, 7) is 4.75. The molecule has 1 nitrogen and oxygen atoms in total. The summed E-state index contributed by atoms with van der Waals surface area (Å²) >= 11 is 0. The van der Waals surface area contributed by atoms with Crippen LogP contribution in [-0.4, -0.2) is 0 Å². The summed E-state index contributed by atoms with van der Waals surface area (Å²) < 4.78 is 6.48. The molecule has 1 fully saturated rings. The lowest BCUT2D eigenvalue weighted by atomic mass is 9.92. The van der Waals surface area contributed by atoms with Crippen LogP contribution < -0.4 is 15.2 Å². The normalized spacial score (nSPS) is 29.1. The Labute approximate surface area is 154 Å². The van der Waals surface area contributed by atoms with E-state index >= 15 is 0 Å². The quantitative estimate of drug-likeness (QED) is 0.670. The fraction of sp³-hybridized carbons (Fsp3) is 0.200. The maximum Gasteiger partial charge on any atom is 0.142 e. The van der Waals surface area contributed by atoms with Crippen LogP contribution in [0.25, 0.3) is 11.8 Å². The molecular formula is C25H22O. The van der Waals surface area contributed by atoms with Crippen molar-refractivity contribution in [3.05, 3.63) is 100 Å². The van der Waals surface area contributed by atoms with Gasteiger partial charge in [0, 0.05) is 10.8 Å². The molecule has 0 bridgehead atoms. The van der Waals surface area contributed by atoms with E-state index in [0.29, 0.717) is 11.8 Å². The van der Waals surface area contributed by atoms with E-state index in [9.17, 15) is 0 Å². The van der Waals surface area contributed by atoms with E-state index in [1.165, 1.54) is 21.6 Å². The third-order valence-corrected chi connectivity index (χ3v) is 6.22. The van der Waals surface area contributed by atoms with Gasteiger partial charge in [0.1, 0.15) is 11.5 Å². The van der Waals surface area contributed by atoms with Crippen molar-refractivity contribution in [2.24, 2.45) is 11.3 Å². The van der Waals surface area contributed by atoms with Crippen LogP contribution in [0.15, 0.2) is 78.9 Å². The van der Waals surface area contributed by atoms with Gasteiger partial charge in [0.25, 0.3) is 0 Å². The average molecular weight is 338 g/mol. The Morgan fingerprint density at radius 1 is 0.808 bits per heavy atom. The van der Waals surface area contributed by atoms with E-state index < -0.39 is 0 Å². The van der Waals surface area contributed by atoms with Crippen LogP contribution in [0.2, 0.25) is 0 Å². The Bertz CT molecular complexity index is 1100. The smallest absolute Gasteiger partial charge is 0.142 e. The highest BCUT2D eigenvalue weighted by atomic mass is 16.5. The Hall–Kier alpha value is -2.80. The predicted octanol–water partition coefficient (Wildman–Crippen LogP) is 4.46. The molecule has 0 saturated heterocycles. The molecule has 2 unspecified atom stereocenters. The highest BCUT2D eigenvalue weighted by Gasteiger charge is 2.58. The zero-order valence-corrected chi connectivity index (χ0v) is 15.1. The Morgan fingerprint density at radius 2 is 1.50 bits per heavy atom. The van der Waals surface area contributed by atoms with E-state index in [1.54, 1.807) is 0 Å². The maximum absolute atomic E-state index is 6.48. The highest BCUT2D eigenvalue weighted by Crippen LogP contribution is 2.66. The minimum Gasteiger partial charge on any atom is -0.456 e. The third kappa shape index (κ3) is 2.24. The van der Waals surface area contributed by atoms with Crippen molar-refractivity contribution in [2.45, 2.75) is 19.8 Å². The van der Waals surface area contributed by atoms with Gasteiger partial charge in [0.05, 0.1) is 0 Å². The topological polar surface area (TPSA) is 9.23 Å². The SMILES string of the molecule is CC1C2c3ccccc3/C(Oc3ccccc3)=c3/cccc/c3=C\[C@]12C. The number of para-hydroxylation sites is 1.